The number of carbonyl (C=O) groups excluding carboxylic acids is 2. The first-order chi connectivity index (χ1) is 13.7. The molecular weight excluding hydrogens is 360 g/mol. The first kappa shape index (κ1) is 18.9. The van der Waals surface area contributed by atoms with Crippen LogP contribution >= 0.6 is 0 Å². The van der Waals surface area contributed by atoms with Gasteiger partial charge in [0.1, 0.15) is 18.5 Å². The molecule has 3 heterocycles. The van der Waals surface area contributed by atoms with Gasteiger partial charge in [0.15, 0.2) is 0 Å². The van der Waals surface area contributed by atoms with Crippen molar-refractivity contribution in [2.45, 2.75) is 51.0 Å². The maximum Gasteiger partial charge on any atom is 0.249 e. The highest BCUT2D eigenvalue weighted by atomic mass is 16.5. The molecule has 4 rings (SSSR count). The number of ether oxygens (including phenoxy) is 2. The Morgan fingerprint density at radius 1 is 1.11 bits per heavy atom. The molecule has 8 nitrogen and oxygen atoms in total. The number of carbonyl (C=O) groups is 2. The van der Waals surface area contributed by atoms with Crippen molar-refractivity contribution in [1.82, 2.24) is 20.2 Å². The molecule has 1 aromatic heterocycles. The van der Waals surface area contributed by atoms with Crippen LogP contribution in [0, 0.1) is 0 Å². The lowest BCUT2D eigenvalue weighted by Crippen LogP contribution is -2.36. The molecule has 2 fully saturated rings. The van der Waals surface area contributed by atoms with E-state index in [-0.39, 0.29) is 37.1 Å². The number of nitrogens with zero attached hydrogens (tertiary/aromatic N) is 2. The minimum Gasteiger partial charge on any atom is -0.376 e. The van der Waals surface area contributed by atoms with Crippen molar-refractivity contribution in [3.05, 3.63) is 30.1 Å². The zero-order valence-electron chi connectivity index (χ0n) is 15.9. The summed E-state index contributed by atoms with van der Waals surface area (Å²) in [6, 6.07) is 7.66. The molecule has 2 amide bonds. The Morgan fingerprint density at radius 2 is 1.93 bits per heavy atom. The van der Waals surface area contributed by atoms with Gasteiger partial charge in [-0.25, -0.2) is 4.98 Å². The summed E-state index contributed by atoms with van der Waals surface area (Å²) in [6.07, 6.45) is 3.40. The van der Waals surface area contributed by atoms with Crippen LogP contribution in [0.3, 0.4) is 0 Å². The highest BCUT2D eigenvalue weighted by Crippen LogP contribution is 2.17. The number of imidazole rings is 1. The van der Waals surface area contributed by atoms with Gasteiger partial charge in [0.2, 0.25) is 11.8 Å². The molecule has 0 aliphatic carbocycles. The van der Waals surface area contributed by atoms with Gasteiger partial charge in [-0.3, -0.25) is 9.59 Å². The van der Waals surface area contributed by atoms with Crippen LogP contribution in [0.1, 0.15) is 31.5 Å². The highest BCUT2D eigenvalue weighted by molar-refractivity contribution is 5.82. The highest BCUT2D eigenvalue weighted by Gasteiger charge is 2.24. The normalized spacial score (nSPS) is 21.9. The third-order valence-corrected chi connectivity index (χ3v) is 5.23. The Balaban J connectivity index is 1.43. The maximum absolute atomic E-state index is 12.5. The number of hydrogen-bond acceptors (Lipinski definition) is 5. The lowest BCUT2D eigenvalue weighted by atomic mass is 10.2. The molecular formula is C20H26N4O4. The number of hydrogen-bond donors (Lipinski definition) is 2. The lowest BCUT2D eigenvalue weighted by Gasteiger charge is -2.14. The number of aromatic nitrogens is 2. The molecule has 28 heavy (non-hydrogen) atoms. The van der Waals surface area contributed by atoms with E-state index < -0.39 is 0 Å². The van der Waals surface area contributed by atoms with E-state index in [9.17, 15) is 9.59 Å². The van der Waals surface area contributed by atoms with Gasteiger partial charge < -0.3 is 24.7 Å². The monoisotopic (exact) mass is 386 g/mol. The Bertz CT molecular complexity index is 838. The van der Waals surface area contributed by atoms with Crippen molar-refractivity contribution in [3.8, 4) is 0 Å². The standard InChI is InChI=1S/C20H26N4O4/c25-19(21-11-14-5-3-9-27-14)13-24-16-7-2-1-6-15(16)23-18(24)12-22-20(26)17-8-4-10-28-17/h1-2,6-7,14,17H,3-5,8-13H2,(H,21,25)(H,22,26). The minimum atomic E-state index is -0.382. The Hall–Kier alpha value is -2.45. The lowest BCUT2D eigenvalue weighted by molar-refractivity contribution is -0.130. The van der Waals surface area contributed by atoms with Gasteiger partial charge in [-0.05, 0) is 37.8 Å². The van der Waals surface area contributed by atoms with Crippen molar-refractivity contribution in [2.24, 2.45) is 0 Å². The van der Waals surface area contributed by atoms with E-state index in [1.807, 2.05) is 28.8 Å². The second kappa shape index (κ2) is 8.70. The minimum absolute atomic E-state index is 0.0923. The number of amides is 2. The van der Waals surface area contributed by atoms with Gasteiger partial charge in [0, 0.05) is 19.8 Å². The second-order valence-corrected chi connectivity index (χ2v) is 7.26. The van der Waals surface area contributed by atoms with Gasteiger partial charge in [-0.1, -0.05) is 12.1 Å². The van der Waals surface area contributed by atoms with Crippen molar-refractivity contribution in [1.29, 1.82) is 0 Å². The predicted molar refractivity (Wildman–Crippen MR) is 103 cm³/mol. The van der Waals surface area contributed by atoms with E-state index in [1.54, 1.807) is 0 Å². The third-order valence-electron chi connectivity index (χ3n) is 5.23. The Labute approximate surface area is 163 Å². The van der Waals surface area contributed by atoms with Crippen LogP contribution in [-0.2, 0) is 32.2 Å². The Morgan fingerprint density at radius 3 is 2.71 bits per heavy atom. The fourth-order valence-corrected chi connectivity index (χ4v) is 3.73. The molecule has 2 aromatic rings. The summed E-state index contributed by atoms with van der Waals surface area (Å²) in [7, 11) is 0. The zero-order valence-corrected chi connectivity index (χ0v) is 15.9. The van der Waals surface area contributed by atoms with Crippen molar-refractivity contribution in [3.63, 3.8) is 0 Å². The van der Waals surface area contributed by atoms with E-state index in [0.717, 1.165) is 43.3 Å². The van der Waals surface area contributed by atoms with Crippen LogP contribution in [0.4, 0.5) is 0 Å². The van der Waals surface area contributed by atoms with E-state index in [1.165, 1.54) is 0 Å². The summed E-state index contributed by atoms with van der Waals surface area (Å²) in [5, 5.41) is 5.84. The van der Waals surface area contributed by atoms with E-state index in [0.29, 0.717) is 19.0 Å². The third kappa shape index (κ3) is 4.34. The van der Waals surface area contributed by atoms with Crippen LogP contribution in [0.5, 0.6) is 0 Å². The summed E-state index contributed by atoms with van der Waals surface area (Å²) in [5.74, 6) is 0.434. The Kier molecular flexibility index (Phi) is 5.87. The fourth-order valence-electron chi connectivity index (χ4n) is 3.73. The van der Waals surface area contributed by atoms with E-state index >= 15 is 0 Å². The molecule has 150 valence electrons. The van der Waals surface area contributed by atoms with Gasteiger partial charge in [0.25, 0.3) is 0 Å². The topological polar surface area (TPSA) is 94.5 Å². The molecule has 0 saturated carbocycles. The van der Waals surface area contributed by atoms with Gasteiger partial charge in [-0.2, -0.15) is 0 Å². The summed E-state index contributed by atoms with van der Waals surface area (Å²) in [4.78, 5) is 29.3. The predicted octanol–water partition coefficient (Wildman–Crippen LogP) is 1.13. The van der Waals surface area contributed by atoms with Crippen molar-refractivity contribution >= 4 is 22.8 Å². The van der Waals surface area contributed by atoms with Gasteiger partial charge in [-0.15, -0.1) is 0 Å². The van der Waals surface area contributed by atoms with Gasteiger partial charge in [0.05, 0.1) is 23.7 Å². The molecule has 2 atom stereocenters. The molecule has 0 bridgehead atoms. The van der Waals surface area contributed by atoms with E-state index in [2.05, 4.69) is 15.6 Å². The summed E-state index contributed by atoms with van der Waals surface area (Å²) < 4.78 is 12.8. The molecule has 2 N–H and O–H groups in total. The molecule has 0 spiro atoms. The summed E-state index contributed by atoms with van der Waals surface area (Å²) in [5.41, 5.74) is 1.67. The molecule has 2 aliphatic rings. The number of nitrogens with one attached hydrogen (secondary N) is 2. The number of para-hydroxylation sites is 2. The quantitative estimate of drug-likeness (QED) is 0.744. The first-order valence-electron chi connectivity index (χ1n) is 9.92. The molecule has 0 radical (unpaired) electrons. The van der Waals surface area contributed by atoms with Crippen LogP contribution in [0.15, 0.2) is 24.3 Å². The van der Waals surface area contributed by atoms with Crippen LogP contribution in [-0.4, -0.2) is 53.3 Å². The van der Waals surface area contributed by atoms with Crippen LogP contribution in [0.2, 0.25) is 0 Å². The average molecular weight is 386 g/mol. The van der Waals surface area contributed by atoms with E-state index in [4.69, 9.17) is 9.47 Å². The SMILES string of the molecule is O=C(Cn1c(CNC(=O)C2CCCO2)nc2ccccc21)NCC1CCCO1. The average Bonchev–Trinajstić information content (AvgIpc) is 3.46. The van der Waals surface area contributed by atoms with Gasteiger partial charge >= 0.3 is 0 Å². The molecule has 2 saturated heterocycles. The second-order valence-electron chi connectivity index (χ2n) is 7.26. The van der Waals surface area contributed by atoms with Crippen molar-refractivity contribution in [2.75, 3.05) is 19.8 Å². The first-order valence-corrected chi connectivity index (χ1v) is 9.92. The smallest absolute Gasteiger partial charge is 0.249 e. The molecule has 1 aromatic carbocycles. The molecule has 2 unspecified atom stereocenters. The number of rotatable bonds is 7. The number of fused-ring (bicyclic) bond motifs is 1. The van der Waals surface area contributed by atoms with Crippen LogP contribution in [0.25, 0.3) is 11.0 Å². The summed E-state index contributed by atoms with van der Waals surface area (Å²) >= 11 is 0. The van der Waals surface area contributed by atoms with Crippen molar-refractivity contribution < 1.29 is 19.1 Å². The van der Waals surface area contributed by atoms with Crippen LogP contribution < -0.4 is 10.6 Å². The molecule has 2 aliphatic heterocycles. The summed E-state index contributed by atoms with van der Waals surface area (Å²) in [6.45, 7) is 2.32. The zero-order chi connectivity index (χ0) is 19.3. The number of benzene rings is 1. The fraction of sp³-hybridized carbons (Fsp3) is 0.550. The largest absolute Gasteiger partial charge is 0.376 e. The molecule has 8 heteroatoms. The maximum atomic E-state index is 12.5.